The van der Waals surface area contributed by atoms with Gasteiger partial charge in [-0.1, -0.05) is 36.4 Å². The van der Waals surface area contributed by atoms with Crippen LogP contribution in [0.2, 0.25) is 0 Å². The van der Waals surface area contributed by atoms with Crippen molar-refractivity contribution in [3.05, 3.63) is 65.2 Å². The summed E-state index contributed by atoms with van der Waals surface area (Å²) < 4.78 is 4.83. The molecule has 0 aromatic heterocycles. The van der Waals surface area contributed by atoms with Crippen molar-refractivity contribution in [3.63, 3.8) is 0 Å². The summed E-state index contributed by atoms with van der Waals surface area (Å²) in [5, 5.41) is 27.2. The number of carbonyl (C=O) groups excluding carboxylic acids is 3. The molecule has 3 amide bonds. The summed E-state index contributed by atoms with van der Waals surface area (Å²) in [6.45, 7) is 7.20. The van der Waals surface area contributed by atoms with Gasteiger partial charge in [0.25, 0.3) is 11.8 Å². The molecule has 2 aromatic rings. The average Bonchev–Trinajstić information content (AvgIpc) is 3.55. The van der Waals surface area contributed by atoms with Crippen molar-refractivity contribution in [1.82, 2.24) is 15.5 Å². The van der Waals surface area contributed by atoms with Gasteiger partial charge in [0.05, 0.1) is 18.5 Å². The molecule has 210 valence electrons. The summed E-state index contributed by atoms with van der Waals surface area (Å²) in [6, 6.07) is 12.1. The fourth-order valence-corrected chi connectivity index (χ4v) is 6.21. The standard InChI is InChI=1S/C29H37N3O6S/c1-18-21(10-7-11-23(18)33)26(35)31-22(14-19-8-5-4-6-9-19)24(34)28(37)32-17-39-29(2,3)25(32)27(36)30-15-20-12-13-38-16-20/h4-11,20,22,24-25,33-34H,12-17H2,1-3H3,(H,30,36)(H,31,35)/t20?,22-,24-,25+/m0/s1. The van der Waals surface area contributed by atoms with E-state index in [0.717, 1.165) is 12.0 Å². The Balaban J connectivity index is 1.54. The molecule has 39 heavy (non-hydrogen) atoms. The third-order valence-electron chi connectivity index (χ3n) is 7.47. The zero-order chi connectivity index (χ0) is 28.2. The molecule has 0 saturated carbocycles. The van der Waals surface area contributed by atoms with Gasteiger partial charge in [-0.15, -0.1) is 11.8 Å². The molecule has 1 unspecified atom stereocenters. The first-order valence-corrected chi connectivity index (χ1v) is 14.2. The molecule has 2 aromatic carbocycles. The summed E-state index contributed by atoms with van der Waals surface area (Å²) in [5.74, 6) is -0.936. The molecule has 0 radical (unpaired) electrons. The lowest BCUT2D eigenvalue weighted by molar-refractivity contribution is -0.147. The van der Waals surface area contributed by atoms with Gasteiger partial charge in [-0.25, -0.2) is 0 Å². The van der Waals surface area contributed by atoms with Crippen LogP contribution in [0.4, 0.5) is 0 Å². The van der Waals surface area contributed by atoms with Crippen molar-refractivity contribution in [2.75, 3.05) is 25.6 Å². The quantitative estimate of drug-likeness (QED) is 0.374. The van der Waals surface area contributed by atoms with Crippen LogP contribution >= 0.6 is 11.8 Å². The van der Waals surface area contributed by atoms with E-state index in [1.165, 1.54) is 22.7 Å². The number of aliphatic hydroxyl groups excluding tert-OH is 1. The van der Waals surface area contributed by atoms with E-state index in [1.807, 2.05) is 44.2 Å². The molecule has 2 saturated heterocycles. The molecule has 2 aliphatic heterocycles. The minimum Gasteiger partial charge on any atom is -0.508 e. The van der Waals surface area contributed by atoms with Crippen LogP contribution in [0.5, 0.6) is 5.75 Å². The first kappa shape index (κ1) is 28.9. The van der Waals surface area contributed by atoms with E-state index >= 15 is 0 Å². The molecule has 2 heterocycles. The lowest BCUT2D eigenvalue weighted by atomic mass is 9.96. The molecule has 9 nitrogen and oxygen atoms in total. The van der Waals surface area contributed by atoms with Gasteiger partial charge in [0.15, 0.2) is 6.10 Å². The zero-order valence-corrected chi connectivity index (χ0v) is 23.4. The Kier molecular flexibility index (Phi) is 9.19. The number of rotatable bonds is 9. The molecule has 4 atom stereocenters. The van der Waals surface area contributed by atoms with Crippen LogP contribution in [0.25, 0.3) is 0 Å². The molecular weight excluding hydrogens is 518 g/mol. The number of carbonyl (C=O) groups is 3. The van der Waals surface area contributed by atoms with Gasteiger partial charge >= 0.3 is 0 Å². The highest BCUT2D eigenvalue weighted by Crippen LogP contribution is 2.40. The Morgan fingerprint density at radius 3 is 2.59 bits per heavy atom. The maximum Gasteiger partial charge on any atom is 0.254 e. The van der Waals surface area contributed by atoms with Crippen LogP contribution in [-0.4, -0.2) is 81.4 Å². The van der Waals surface area contributed by atoms with E-state index in [2.05, 4.69) is 10.6 Å². The van der Waals surface area contributed by atoms with Gasteiger partial charge in [0.2, 0.25) is 5.91 Å². The van der Waals surface area contributed by atoms with Crippen molar-refractivity contribution >= 4 is 29.5 Å². The van der Waals surface area contributed by atoms with Gasteiger partial charge < -0.3 is 30.5 Å². The van der Waals surface area contributed by atoms with Gasteiger partial charge in [0, 0.05) is 34.9 Å². The predicted octanol–water partition coefficient (Wildman–Crippen LogP) is 2.24. The third-order valence-corrected chi connectivity index (χ3v) is 8.84. The van der Waals surface area contributed by atoms with Crippen LogP contribution in [0, 0.1) is 12.8 Å². The Labute approximate surface area is 233 Å². The molecule has 10 heteroatoms. The number of phenols is 1. The summed E-state index contributed by atoms with van der Waals surface area (Å²) in [4.78, 5) is 41.7. The topological polar surface area (TPSA) is 128 Å². The number of benzene rings is 2. The summed E-state index contributed by atoms with van der Waals surface area (Å²) in [6.07, 6.45) is -0.524. The SMILES string of the molecule is Cc1c(O)cccc1C(=O)N[C@@H](Cc1ccccc1)[C@H](O)C(=O)N1CSC(C)(C)[C@H]1C(=O)NCC1CCOC1. The van der Waals surface area contributed by atoms with E-state index in [0.29, 0.717) is 25.3 Å². The zero-order valence-electron chi connectivity index (χ0n) is 22.6. The van der Waals surface area contributed by atoms with Crippen LogP contribution < -0.4 is 10.6 Å². The Morgan fingerprint density at radius 2 is 1.90 bits per heavy atom. The van der Waals surface area contributed by atoms with Gasteiger partial charge in [-0.2, -0.15) is 0 Å². The number of nitrogens with one attached hydrogen (secondary N) is 2. The number of hydrogen-bond acceptors (Lipinski definition) is 7. The van der Waals surface area contributed by atoms with Crippen molar-refractivity contribution in [3.8, 4) is 5.75 Å². The number of ether oxygens (including phenoxy) is 1. The fourth-order valence-electron chi connectivity index (χ4n) is 5.07. The number of aromatic hydroxyl groups is 1. The van der Waals surface area contributed by atoms with Crippen LogP contribution in [0.1, 0.15) is 41.8 Å². The first-order chi connectivity index (χ1) is 18.6. The van der Waals surface area contributed by atoms with Crippen LogP contribution in [-0.2, 0) is 20.7 Å². The highest BCUT2D eigenvalue weighted by molar-refractivity contribution is 8.00. The monoisotopic (exact) mass is 555 g/mol. The van der Waals surface area contributed by atoms with E-state index < -0.39 is 34.7 Å². The highest BCUT2D eigenvalue weighted by Gasteiger charge is 2.49. The summed E-state index contributed by atoms with van der Waals surface area (Å²) in [5.41, 5.74) is 1.47. The molecule has 0 spiro atoms. The number of amides is 3. The van der Waals surface area contributed by atoms with E-state index in [1.54, 1.807) is 19.1 Å². The molecule has 2 fully saturated rings. The normalized spacial score (nSPS) is 21.8. The second kappa shape index (κ2) is 12.4. The number of hydrogen-bond donors (Lipinski definition) is 4. The van der Waals surface area contributed by atoms with Gasteiger partial charge in [0.1, 0.15) is 11.8 Å². The second-order valence-electron chi connectivity index (χ2n) is 10.7. The third kappa shape index (κ3) is 6.74. The lowest BCUT2D eigenvalue weighted by Crippen LogP contribution is -2.59. The molecule has 0 aliphatic carbocycles. The largest absolute Gasteiger partial charge is 0.508 e. The maximum atomic E-state index is 13.8. The summed E-state index contributed by atoms with van der Waals surface area (Å²) in [7, 11) is 0. The maximum absolute atomic E-state index is 13.8. The van der Waals surface area contributed by atoms with E-state index in [4.69, 9.17) is 4.74 Å². The molecule has 4 N–H and O–H groups in total. The summed E-state index contributed by atoms with van der Waals surface area (Å²) >= 11 is 1.47. The molecule has 2 aliphatic rings. The van der Waals surface area contributed by atoms with E-state index in [-0.39, 0.29) is 35.4 Å². The van der Waals surface area contributed by atoms with Crippen LogP contribution in [0.3, 0.4) is 0 Å². The Bertz CT molecular complexity index is 1180. The Hall–Kier alpha value is -3.08. The lowest BCUT2D eigenvalue weighted by Gasteiger charge is -2.33. The highest BCUT2D eigenvalue weighted by atomic mass is 32.2. The van der Waals surface area contributed by atoms with Crippen molar-refractivity contribution in [2.24, 2.45) is 5.92 Å². The van der Waals surface area contributed by atoms with Crippen molar-refractivity contribution in [2.45, 2.75) is 56.5 Å². The smallest absolute Gasteiger partial charge is 0.254 e. The van der Waals surface area contributed by atoms with Crippen LogP contribution in [0.15, 0.2) is 48.5 Å². The average molecular weight is 556 g/mol. The molecular formula is C29H37N3O6S. The molecule has 4 rings (SSSR count). The van der Waals surface area contributed by atoms with E-state index in [9.17, 15) is 24.6 Å². The number of phenolic OH excluding ortho intramolecular Hbond substituents is 1. The van der Waals surface area contributed by atoms with Crippen molar-refractivity contribution < 1.29 is 29.3 Å². The number of aliphatic hydroxyl groups is 1. The Morgan fingerprint density at radius 1 is 1.15 bits per heavy atom. The molecule has 0 bridgehead atoms. The first-order valence-electron chi connectivity index (χ1n) is 13.2. The van der Waals surface area contributed by atoms with Crippen molar-refractivity contribution in [1.29, 1.82) is 0 Å². The predicted molar refractivity (Wildman–Crippen MR) is 149 cm³/mol. The number of nitrogens with zero attached hydrogens (tertiary/aromatic N) is 1. The fraction of sp³-hybridized carbons (Fsp3) is 0.483. The number of thioether (sulfide) groups is 1. The minimum absolute atomic E-state index is 0.0202. The van der Waals surface area contributed by atoms with Gasteiger partial charge in [-0.05, 0) is 51.3 Å². The second-order valence-corrected chi connectivity index (χ2v) is 12.3. The van der Waals surface area contributed by atoms with Gasteiger partial charge in [-0.3, -0.25) is 14.4 Å². The minimum atomic E-state index is -1.60.